The van der Waals surface area contributed by atoms with E-state index in [0.717, 1.165) is 18.6 Å². The minimum atomic E-state index is -1.57. The predicted octanol–water partition coefficient (Wildman–Crippen LogP) is 5.57. The Morgan fingerprint density at radius 1 is 1.10 bits per heavy atom. The first kappa shape index (κ1) is 15.1. The van der Waals surface area contributed by atoms with Gasteiger partial charge in [-0.15, -0.1) is 11.3 Å². The van der Waals surface area contributed by atoms with E-state index in [2.05, 4.69) is 73.6 Å². The van der Waals surface area contributed by atoms with Crippen LogP contribution in [0.5, 0.6) is 0 Å². The Hall–Kier alpha value is -1.32. The van der Waals surface area contributed by atoms with E-state index in [1.807, 2.05) is 0 Å². The van der Waals surface area contributed by atoms with Gasteiger partial charge in [0.25, 0.3) is 0 Å². The molecule has 2 aromatic rings. The van der Waals surface area contributed by atoms with Gasteiger partial charge in [0.1, 0.15) is 5.76 Å². The number of hydrogen-bond donors (Lipinski definition) is 0. The van der Waals surface area contributed by atoms with Gasteiger partial charge in [0.05, 0.1) is 4.88 Å². The maximum Gasteiger partial charge on any atom is 0.242 e. The number of hydrogen-bond acceptors (Lipinski definition) is 2. The van der Waals surface area contributed by atoms with Gasteiger partial charge in [-0.05, 0) is 55.6 Å². The SMILES string of the molecule is C[Si](C)(C)O/C(=C/CCc1ccccc1)c1cccs1. The fraction of sp³-hybridized carbons (Fsp3) is 0.294. The van der Waals surface area contributed by atoms with Gasteiger partial charge in [-0.3, -0.25) is 0 Å². The number of benzene rings is 1. The van der Waals surface area contributed by atoms with E-state index in [-0.39, 0.29) is 0 Å². The van der Waals surface area contributed by atoms with Crippen LogP contribution in [0.1, 0.15) is 16.9 Å². The van der Waals surface area contributed by atoms with E-state index in [4.69, 9.17) is 4.43 Å². The van der Waals surface area contributed by atoms with Crippen LogP contribution in [0.25, 0.3) is 5.76 Å². The second-order valence-corrected chi connectivity index (χ2v) is 11.2. The van der Waals surface area contributed by atoms with Crippen LogP contribution in [0.15, 0.2) is 53.9 Å². The Balaban J connectivity index is 2.05. The summed E-state index contributed by atoms with van der Waals surface area (Å²) in [6.07, 6.45) is 4.32. The highest BCUT2D eigenvalue weighted by molar-refractivity contribution is 7.11. The standard InChI is InChI=1S/C17H22OSSi/c1-20(2,3)18-16(17-13-8-14-19-17)12-7-11-15-9-5-4-6-10-15/h4-6,8-10,12-14H,7,11H2,1-3H3/b16-12+. The van der Waals surface area contributed by atoms with Crippen molar-refractivity contribution in [2.75, 3.05) is 0 Å². The molecule has 1 heterocycles. The Morgan fingerprint density at radius 2 is 1.85 bits per heavy atom. The number of allylic oxidation sites excluding steroid dienone is 1. The molecule has 0 radical (unpaired) electrons. The molecule has 0 bridgehead atoms. The first-order valence-electron chi connectivity index (χ1n) is 7.01. The summed E-state index contributed by atoms with van der Waals surface area (Å²) < 4.78 is 6.23. The zero-order valence-corrected chi connectivity index (χ0v) is 14.2. The van der Waals surface area contributed by atoms with E-state index in [9.17, 15) is 0 Å². The van der Waals surface area contributed by atoms with Crippen molar-refractivity contribution in [3.8, 4) is 0 Å². The van der Waals surface area contributed by atoms with Gasteiger partial charge in [0, 0.05) is 0 Å². The highest BCUT2D eigenvalue weighted by atomic mass is 32.1. The van der Waals surface area contributed by atoms with Gasteiger partial charge in [-0.1, -0.05) is 36.4 Å². The average Bonchev–Trinajstić information content (AvgIpc) is 2.91. The van der Waals surface area contributed by atoms with Crippen LogP contribution in [0.3, 0.4) is 0 Å². The van der Waals surface area contributed by atoms with E-state index >= 15 is 0 Å². The first-order valence-corrected chi connectivity index (χ1v) is 11.3. The molecule has 0 N–H and O–H groups in total. The molecule has 106 valence electrons. The fourth-order valence-electron chi connectivity index (χ4n) is 1.96. The summed E-state index contributed by atoms with van der Waals surface area (Å²) in [5.41, 5.74) is 1.38. The lowest BCUT2D eigenvalue weighted by molar-refractivity contribution is 0.514. The molecule has 0 saturated heterocycles. The molecule has 20 heavy (non-hydrogen) atoms. The summed E-state index contributed by atoms with van der Waals surface area (Å²) in [5.74, 6) is 1.06. The van der Waals surface area contributed by atoms with Crippen LogP contribution in [0, 0.1) is 0 Å². The zero-order chi connectivity index (χ0) is 14.4. The van der Waals surface area contributed by atoms with Gasteiger partial charge in [-0.2, -0.15) is 0 Å². The van der Waals surface area contributed by atoms with Crippen LogP contribution in [0.2, 0.25) is 19.6 Å². The van der Waals surface area contributed by atoms with Crippen molar-refractivity contribution >= 4 is 25.4 Å². The Morgan fingerprint density at radius 3 is 2.45 bits per heavy atom. The molecule has 0 aliphatic heterocycles. The second kappa shape index (κ2) is 6.91. The van der Waals surface area contributed by atoms with Gasteiger partial charge in [0.2, 0.25) is 8.32 Å². The molecule has 0 spiro atoms. The van der Waals surface area contributed by atoms with Crippen molar-refractivity contribution in [2.24, 2.45) is 0 Å². The maximum atomic E-state index is 6.23. The minimum absolute atomic E-state index is 1.02. The highest BCUT2D eigenvalue weighted by Crippen LogP contribution is 2.25. The van der Waals surface area contributed by atoms with Crippen molar-refractivity contribution in [3.05, 3.63) is 64.4 Å². The summed E-state index contributed by atoms with van der Waals surface area (Å²) in [7, 11) is -1.57. The van der Waals surface area contributed by atoms with Crippen molar-refractivity contribution in [1.29, 1.82) is 0 Å². The molecule has 0 atom stereocenters. The summed E-state index contributed by atoms with van der Waals surface area (Å²) >= 11 is 1.75. The summed E-state index contributed by atoms with van der Waals surface area (Å²) in [4.78, 5) is 1.24. The zero-order valence-electron chi connectivity index (χ0n) is 12.4. The van der Waals surface area contributed by atoms with Crippen LogP contribution in [0.4, 0.5) is 0 Å². The summed E-state index contributed by atoms with van der Waals surface area (Å²) in [6, 6.07) is 14.8. The molecular weight excluding hydrogens is 280 g/mol. The van der Waals surface area contributed by atoms with Crippen LogP contribution in [-0.2, 0) is 10.8 Å². The van der Waals surface area contributed by atoms with Gasteiger partial charge < -0.3 is 4.43 Å². The smallest absolute Gasteiger partial charge is 0.242 e. The van der Waals surface area contributed by atoms with Crippen molar-refractivity contribution in [1.82, 2.24) is 0 Å². The van der Waals surface area contributed by atoms with Crippen LogP contribution < -0.4 is 0 Å². The third kappa shape index (κ3) is 4.98. The number of thiophene rings is 1. The number of rotatable bonds is 6. The quantitative estimate of drug-likeness (QED) is 0.500. The monoisotopic (exact) mass is 302 g/mol. The highest BCUT2D eigenvalue weighted by Gasteiger charge is 2.18. The Labute approximate surface area is 127 Å². The fourth-order valence-corrected chi connectivity index (χ4v) is 3.58. The number of aryl methyl sites for hydroxylation is 1. The molecular formula is C17H22OSSi. The van der Waals surface area contributed by atoms with Crippen LogP contribution >= 0.6 is 11.3 Å². The molecule has 0 amide bonds. The summed E-state index contributed by atoms with van der Waals surface area (Å²) in [5, 5.41) is 2.11. The van der Waals surface area contributed by atoms with E-state index in [1.54, 1.807) is 11.3 Å². The topological polar surface area (TPSA) is 9.23 Å². The van der Waals surface area contributed by atoms with E-state index < -0.39 is 8.32 Å². The van der Waals surface area contributed by atoms with E-state index in [0.29, 0.717) is 0 Å². The van der Waals surface area contributed by atoms with Crippen molar-refractivity contribution < 1.29 is 4.43 Å². The molecule has 1 aromatic carbocycles. The third-order valence-electron chi connectivity index (χ3n) is 2.79. The third-order valence-corrected chi connectivity index (χ3v) is 4.50. The summed E-state index contributed by atoms with van der Waals surface area (Å²) in [6.45, 7) is 6.68. The van der Waals surface area contributed by atoms with Gasteiger partial charge in [0.15, 0.2) is 0 Å². The second-order valence-electron chi connectivity index (χ2n) is 5.78. The molecule has 1 aromatic heterocycles. The molecule has 0 saturated carbocycles. The van der Waals surface area contributed by atoms with Gasteiger partial charge in [-0.25, -0.2) is 0 Å². The van der Waals surface area contributed by atoms with Gasteiger partial charge >= 0.3 is 0 Å². The molecule has 2 rings (SSSR count). The predicted molar refractivity (Wildman–Crippen MR) is 91.5 cm³/mol. The van der Waals surface area contributed by atoms with E-state index in [1.165, 1.54) is 10.4 Å². The molecule has 0 unspecified atom stereocenters. The molecule has 3 heteroatoms. The average molecular weight is 303 g/mol. The normalized spacial score (nSPS) is 12.4. The first-order chi connectivity index (χ1) is 9.54. The molecule has 0 aliphatic rings. The van der Waals surface area contributed by atoms with Crippen molar-refractivity contribution in [3.63, 3.8) is 0 Å². The maximum absolute atomic E-state index is 6.23. The lowest BCUT2D eigenvalue weighted by Crippen LogP contribution is -2.24. The molecule has 0 fully saturated rings. The molecule has 0 aliphatic carbocycles. The largest absolute Gasteiger partial charge is 0.544 e. The van der Waals surface area contributed by atoms with Crippen LogP contribution in [-0.4, -0.2) is 8.32 Å². The minimum Gasteiger partial charge on any atom is -0.544 e. The lowest BCUT2D eigenvalue weighted by Gasteiger charge is -2.21. The Bertz CT molecular complexity index is 538. The Kier molecular flexibility index (Phi) is 5.21. The molecule has 1 nitrogen and oxygen atoms in total. The lowest BCUT2D eigenvalue weighted by atomic mass is 10.1. The van der Waals surface area contributed by atoms with Crippen molar-refractivity contribution in [2.45, 2.75) is 32.5 Å².